The van der Waals surface area contributed by atoms with Gasteiger partial charge >= 0.3 is 0 Å². The Morgan fingerprint density at radius 1 is 1.03 bits per heavy atom. The molecule has 0 saturated heterocycles. The predicted molar refractivity (Wildman–Crippen MR) is 114 cm³/mol. The smallest absolute Gasteiger partial charge is 0.243 e. The molecule has 172 valence electrons. The number of aldehydes is 1. The van der Waals surface area contributed by atoms with Crippen LogP contribution in [0.3, 0.4) is 0 Å². The van der Waals surface area contributed by atoms with Gasteiger partial charge in [0.05, 0.1) is 12.6 Å². The van der Waals surface area contributed by atoms with Crippen LogP contribution in [0.15, 0.2) is 4.99 Å². The number of hydrogen-bond donors (Lipinski definition) is 7. The minimum absolute atomic E-state index is 0.0228. The summed E-state index contributed by atoms with van der Waals surface area (Å²) in [5.74, 6) is -1.44. The van der Waals surface area contributed by atoms with Gasteiger partial charge in [-0.05, 0) is 45.6 Å². The number of rotatable bonds is 16. The van der Waals surface area contributed by atoms with E-state index in [1.54, 1.807) is 0 Å². The van der Waals surface area contributed by atoms with Crippen LogP contribution in [0.4, 0.5) is 0 Å². The van der Waals surface area contributed by atoms with Crippen LogP contribution in [0.1, 0.15) is 45.4 Å². The third-order valence-electron chi connectivity index (χ3n) is 4.19. The standard InChI is InChI=1S/C18H36N8O4/c1-12(5-4-9-23-18(21)22)25-15(28)11-24-17(30)14(6-2-3-8-19)26-16(29)13(20)7-10-27/h10,12-14H,2-9,11,19-20H2,1H3,(H,24,30)(H,25,28)(H,26,29)(H4,21,22,23). The normalized spacial score (nSPS) is 13.4. The van der Waals surface area contributed by atoms with E-state index in [4.69, 9.17) is 22.9 Å². The zero-order chi connectivity index (χ0) is 22.9. The van der Waals surface area contributed by atoms with Crippen molar-refractivity contribution in [3.05, 3.63) is 0 Å². The molecule has 0 aromatic heterocycles. The molecule has 0 heterocycles. The molecule has 0 aliphatic heterocycles. The van der Waals surface area contributed by atoms with Crippen molar-refractivity contribution in [2.24, 2.45) is 27.9 Å². The van der Waals surface area contributed by atoms with Crippen molar-refractivity contribution in [3.63, 3.8) is 0 Å². The first-order chi connectivity index (χ1) is 14.2. The molecule has 0 aliphatic rings. The van der Waals surface area contributed by atoms with Crippen LogP contribution >= 0.6 is 0 Å². The Hall–Kier alpha value is -2.73. The summed E-state index contributed by atoms with van der Waals surface area (Å²) in [6.07, 6.45) is 3.38. The second-order valence-corrected chi connectivity index (χ2v) is 6.99. The van der Waals surface area contributed by atoms with E-state index in [-0.39, 0.29) is 30.9 Å². The van der Waals surface area contributed by atoms with E-state index in [2.05, 4.69) is 20.9 Å². The van der Waals surface area contributed by atoms with Gasteiger partial charge in [0.15, 0.2) is 5.96 Å². The van der Waals surface area contributed by atoms with Gasteiger partial charge in [0.1, 0.15) is 12.3 Å². The lowest BCUT2D eigenvalue weighted by Gasteiger charge is -2.20. The Balaban J connectivity index is 4.52. The van der Waals surface area contributed by atoms with E-state index in [1.165, 1.54) is 0 Å². The van der Waals surface area contributed by atoms with Gasteiger partial charge in [0, 0.05) is 19.0 Å². The number of carbonyl (C=O) groups is 4. The van der Waals surface area contributed by atoms with E-state index in [0.29, 0.717) is 51.5 Å². The molecule has 30 heavy (non-hydrogen) atoms. The molecule has 12 nitrogen and oxygen atoms in total. The second-order valence-electron chi connectivity index (χ2n) is 6.99. The van der Waals surface area contributed by atoms with Crippen LogP contribution in [-0.4, -0.2) is 67.7 Å². The summed E-state index contributed by atoms with van der Waals surface area (Å²) in [7, 11) is 0. The molecule has 0 rings (SSSR count). The van der Waals surface area contributed by atoms with Crippen molar-refractivity contribution in [1.29, 1.82) is 0 Å². The first-order valence-electron chi connectivity index (χ1n) is 10.0. The number of nitrogens with two attached hydrogens (primary N) is 4. The Labute approximate surface area is 176 Å². The molecule has 0 saturated carbocycles. The SMILES string of the molecule is CC(CCCN=C(N)N)NC(=O)CNC(=O)C(CCCCN)NC(=O)C(N)CC=O. The minimum Gasteiger partial charge on any atom is -0.370 e. The van der Waals surface area contributed by atoms with Crippen molar-refractivity contribution in [2.75, 3.05) is 19.6 Å². The summed E-state index contributed by atoms with van der Waals surface area (Å²) in [6, 6.07) is -2.02. The first-order valence-corrected chi connectivity index (χ1v) is 10.0. The molecule has 0 bridgehead atoms. The van der Waals surface area contributed by atoms with Gasteiger partial charge in [-0.2, -0.15) is 0 Å². The third-order valence-corrected chi connectivity index (χ3v) is 4.19. The minimum atomic E-state index is -1.03. The number of nitrogens with zero attached hydrogens (tertiary/aromatic N) is 1. The molecule has 0 radical (unpaired) electrons. The van der Waals surface area contributed by atoms with Crippen LogP contribution in [0.2, 0.25) is 0 Å². The molecule has 11 N–H and O–H groups in total. The zero-order valence-corrected chi connectivity index (χ0v) is 17.6. The van der Waals surface area contributed by atoms with E-state index < -0.39 is 23.9 Å². The average Bonchev–Trinajstić information content (AvgIpc) is 2.68. The number of aliphatic imine (C=N–C) groups is 1. The van der Waals surface area contributed by atoms with Crippen molar-refractivity contribution < 1.29 is 19.2 Å². The van der Waals surface area contributed by atoms with Crippen molar-refractivity contribution in [1.82, 2.24) is 16.0 Å². The predicted octanol–water partition coefficient (Wildman–Crippen LogP) is -2.81. The van der Waals surface area contributed by atoms with Crippen LogP contribution in [0.5, 0.6) is 0 Å². The summed E-state index contributed by atoms with van der Waals surface area (Å²) in [5, 5.41) is 7.80. The maximum absolute atomic E-state index is 12.4. The van der Waals surface area contributed by atoms with E-state index in [1.807, 2.05) is 6.92 Å². The molecule has 0 fully saturated rings. The molecule has 0 spiro atoms. The average molecular weight is 429 g/mol. The number of hydrogen-bond acceptors (Lipinski definition) is 7. The summed E-state index contributed by atoms with van der Waals surface area (Å²) >= 11 is 0. The largest absolute Gasteiger partial charge is 0.370 e. The Kier molecular flexibility index (Phi) is 14.6. The van der Waals surface area contributed by atoms with Gasteiger partial charge in [-0.3, -0.25) is 19.4 Å². The Morgan fingerprint density at radius 2 is 1.73 bits per heavy atom. The fourth-order valence-corrected chi connectivity index (χ4v) is 2.55. The quantitative estimate of drug-likeness (QED) is 0.0587. The van der Waals surface area contributed by atoms with Crippen molar-refractivity contribution >= 4 is 30.0 Å². The highest BCUT2D eigenvalue weighted by Gasteiger charge is 2.23. The number of nitrogens with one attached hydrogen (secondary N) is 3. The summed E-state index contributed by atoms with van der Waals surface area (Å²) in [6.45, 7) is 2.52. The van der Waals surface area contributed by atoms with E-state index >= 15 is 0 Å². The molecular weight excluding hydrogens is 392 g/mol. The Bertz CT molecular complexity index is 581. The van der Waals surface area contributed by atoms with Crippen LogP contribution in [0, 0.1) is 0 Å². The molecule has 3 amide bonds. The van der Waals surface area contributed by atoms with Gasteiger partial charge in [-0.25, -0.2) is 0 Å². The Morgan fingerprint density at radius 3 is 2.33 bits per heavy atom. The molecule has 3 atom stereocenters. The number of carbonyl (C=O) groups excluding carboxylic acids is 4. The van der Waals surface area contributed by atoms with Crippen LogP contribution in [-0.2, 0) is 19.2 Å². The van der Waals surface area contributed by atoms with Crippen LogP contribution in [0.25, 0.3) is 0 Å². The first kappa shape index (κ1) is 27.3. The van der Waals surface area contributed by atoms with Crippen molar-refractivity contribution in [3.8, 4) is 0 Å². The molecular formula is C18H36N8O4. The maximum atomic E-state index is 12.4. The fourth-order valence-electron chi connectivity index (χ4n) is 2.55. The lowest BCUT2D eigenvalue weighted by molar-refractivity contribution is -0.131. The van der Waals surface area contributed by atoms with Crippen molar-refractivity contribution in [2.45, 2.75) is 63.6 Å². The highest BCUT2D eigenvalue weighted by molar-refractivity contribution is 5.92. The lowest BCUT2D eigenvalue weighted by Crippen LogP contribution is -2.53. The fraction of sp³-hybridized carbons (Fsp3) is 0.722. The zero-order valence-electron chi connectivity index (χ0n) is 17.6. The van der Waals surface area contributed by atoms with Gasteiger partial charge in [-0.15, -0.1) is 0 Å². The maximum Gasteiger partial charge on any atom is 0.243 e. The topological polar surface area (TPSA) is 221 Å². The highest BCUT2D eigenvalue weighted by atomic mass is 16.2. The lowest BCUT2D eigenvalue weighted by atomic mass is 10.1. The van der Waals surface area contributed by atoms with Gasteiger partial charge in [0.25, 0.3) is 0 Å². The van der Waals surface area contributed by atoms with Crippen LogP contribution < -0.4 is 38.9 Å². The molecule has 3 unspecified atom stereocenters. The molecule has 0 aliphatic carbocycles. The van der Waals surface area contributed by atoms with Gasteiger partial charge < -0.3 is 43.7 Å². The number of guanidine groups is 1. The van der Waals surface area contributed by atoms with E-state index in [9.17, 15) is 19.2 Å². The van der Waals surface area contributed by atoms with E-state index in [0.717, 1.165) is 0 Å². The molecule has 0 aromatic rings. The monoisotopic (exact) mass is 428 g/mol. The highest BCUT2D eigenvalue weighted by Crippen LogP contribution is 2.02. The third kappa shape index (κ3) is 13.4. The summed E-state index contributed by atoms with van der Waals surface area (Å²) in [5.41, 5.74) is 21.5. The van der Waals surface area contributed by atoms with Gasteiger partial charge in [-0.1, -0.05) is 0 Å². The number of unbranched alkanes of at least 4 members (excludes halogenated alkanes) is 1. The summed E-state index contributed by atoms with van der Waals surface area (Å²) in [4.78, 5) is 50.9. The number of amides is 3. The molecule has 12 heteroatoms. The van der Waals surface area contributed by atoms with Gasteiger partial charge in [0.2, 0.25) is 17.7 Å². The second kappa shape index (κ2) is 16.1. The molecule has 0 aromatic carbocycles. The summed E-state index contributed by atoms with van der Waals surface area (Å²) < 4.78 is 0.